The van der Waals surface area contributed by atoms with Crippen LogP contribution in [0.25, 0.3) is 22.1 Å². The molecule has 0 saturated carbocycles. The Labute approximate surface area is 157 Å². The third-order valence-electron chi connectivity index (χ3n) is 4.10. The number of rotatable bonds is 4. The number of aromatic nitrogens is 2. The fourth-order valence-electron chi connectivity index (χ4n) is 2.88. The van der Waals surface area contributed by atoms with Gasteiger partial charge in [-0.05, 0) is 56.3 Å². The van der Waals surface area contributed by atoms with E-state index in [-0.39, 0.29) is 12.0 Å². The van der Waals surface area contributed by atoms with E-state index in [9.17, 15) is 4.79 Å². The fraction of sp³-hybridized carbons (Fsp3) is 0.136. The number of hydrogen-bond acceptors (Lipinski definition) is 4. The summed E-state index contributed by atoms with van der Waals surface area (Å²) in [5.41, 5.74) is 4.24. The summed E-state index contributed by atoms with van der Waals surface area (Å²) >= 11 is 0. The van der Waals surface area contributed by atoms with Gasteiger partial charge < -0.3 is 10.1 Å². The SMILES string of the molecule is CC(C)Oc1ccccc1NC(=O)c1ccc2nc3ccccc3nc2c1. The van der Waals surface area contributed by atoms with Gasteiger partial charge >= 0.3 is 0 Å². The van der Waals surface area contributed by atoms with Crippen LogP contribution in [-0.4, -0.2) is 22.0 Å². The van der Waals surface area contributed by atoms with E-state index in [4.69, 9.17) is 4.74 Å². The largest absolute Gasteiger partial charge is 0.489 e. The quantitative estimate of drug-likeness (QED) is 0.532. The maximum Gasteiger partial charge on any atom is 0.255 e. The molecule has 4 aromatic rings. The Hall–Kier alpha value is -3.47. The smallest absolute Gasteiger partial charge is 0.255 e. The summed E-state index contributed by atoms with van der Waals surface area (Å²) in [5.74, 6) is 0.430. The second-order valence-corrected chi connectivity index (χ2v) is 6.53. The van der Waals surface area contributed by atoms with Crippen LogP contribution in [-0.2, 0) is 0 Å². The van der Waals surface area contributed by atoms with Gasteiger partial charge in [0, 0.05) is 5.56 Å². The number of anilines is 1. The normalized spacial score (nSPS) is 11.1. The van der Waals surface area contributed by atoms with Crippen molar-refractivity contribution in [3.8, 4) is 5.75 Å². The highest BCUT2D eigenvalue weighted by Gasteiger charge is 2.12. The molecule has 0 saturated heterocycles. The van der Waals surface area contributed by atoms with E-state index in [1.807, 2.05) is 68.4 Å². The molecule has 0 radical (unpaired) electrons. The molecule has 4 rings (SSSR count). The molecular weight excluding hydrogens is 338 g/mol. The van der Waals surface area contributed by atoms with E-state index in [1.54, 1.807) is 12.1 Å². The Balaban J connectivity index is 1.66. The molecule has 0 bridgehead atoms. The number of carbonyl (C=O) groups excluding carboxylic acids is 1. The molecule has 0 unspecified atom stereocenters. The van der Waals surface area contributed by atoms with Gasteiger partial charge in [0.25, 0.3) is 5.91 Å². The molecule has 1 aromatic heterocycles. The number of nitrogens with one attached hydrogen (secondary N) is 1. The number of ether oxygens (including phenoxy) is 1. The van der Waals surface area contributed by atoms with E-state index in [0.29, 0.717) is 22.5 Å². The Morgan fingerprint density at radius 1 is 0.852 bits per heavy atom. The first-order valence-electron chi connectivity index (χ1n) is 8.84. The first-order chi connectivity index (χ1) is 13.1. The van der Waals surface area contributed by atoms with Gasteiger partial charge in [0.05, 0.1) is 33.9 Å². The van der Waals surface area contributed by atoms with Crippen LogP contribution in [0.1, 0.15) is 24.2 Å². The predicted octanol–water partition coefficient (Wildman–Crippen LogP) is 4.82. The maximum atomic E-state index is 12.7. The molecule has 0 aliphatic carbocycles. The molecule has 1 amide bonds. The standard InChI is InChI=1S/C22H19N3O2/c1-14(2)27-21-10-6-5-9-19(21)25-22(26)15-11-12-18-20(13-15)24-17-8-4-3-7-16(17)23-18/h3-14H,1-2H3,(H,25,26). The van der Waals surface area contributed by atoms with Gasteiger partial charge in [-0.3, -0.25) is 4.79 Å². The van der Waals surface area contributed by atoms with Gasteiger partial charge in [0.15, 0.2) is 0 Å². The average Bonchev–Trinajstić information content (AvgIpc) is 2.67. The van der Waals surface area contributed by atoms with Crippen molar-refractivity contribution < 1.29 is 9.53 Å². The lowest BCUT2D eigenvalue weighted by atomic mass is 10.1. The molecule has 3 aromatic carbocycles. The third-order valence-corrected chi connectivity index (χ3v) is 4.10. The molecule has 1 N–H and O–H groups in total. The van der Waals surface area contributed by atoms with E-state index < -0.39 is 0 Å². The molecule has 1 heterocycles. The lowest BCUT2D eigenvalue weighted by Gasteiger charge is -2.14. The van der Waals surface area contributed by atoms with Gasteiger partial charge in [0.2, 0.25) is 0 Å². The van der Waals surface area contributed by atoms with Crippen LogP contribution in [0.5, 0.6) is 5.75 Å². The van der Waals surface area contributed by atoms with Crippen LogP contribution in [0.3, 0.4) is 0 Å². The summed E-state index contributed by atoms with van der Waals surface area (Å²) in [6.45, 7) is 3.90. The first-order valence-corrected chi connectivity index (χ1v) is 8.84. The summed E-state index contributed by atoms with van der Waals surface area (Å²) in [6.07, 6.45) is 0.0206. The van der Waals surface area contributed by atoms with Crippen molar-refractivity contribution in [1.82, 2.24) is 9.97 Å². The number of nitrogens with zero attached hydrogens (tertiary/aromatic N) is 2. The van der Waals surface area contributed by atoms with Crippen molar-refractivity contribution >= 4 is 33.7 Å². The topological polar surface area (TPSA) is 64.1 Å². The van der Waals surface area contributed by atoms with Crippen molar-refractivity contribution in [2.75, 3.05) is 5.32 Å². The van der Waals surface area contributed by atoms with Crippen molar-refractivity contribution in [3.63, 3.8) is 0 Å². The van der Waals surface area contributed by atoms with Gasteiger partial charge in [-0.15, -0.1) is 0 Å². The van der Waals surface area contributed by atoms with E-state index in [2.05, 4.69) is 15.3 Å². The van der Waals surface area contributed by atoms with E-state index in [0.717, 1.165) is 16.6 Å². The molecule has 0 aliphatic heterocycles. The number of benzene rings is 3. The molecule has 27 heavy (non-hydrogen) atoms. The second-order valence-electron chi connectivity index (χ2n) is 6.53. The van der Waals surface area contributed by atoms with Crippen molar-refractivity contribution in [3.05, 3.63) is 72.3 Å². The molecule has 0 aliphatic rings. The summed E-state index contributed by atoms with van der Waals surface area (Å²) in [5, 5.41) is 2.92. The average molecular weight is 357 g/mol. The zero-order valence-electron chi connectivity index (χ0n) is 15.1. The third kappa shape index (κ3) is 3.58. The highest BCUT2D eigenvalue weighted by Crippen LogP contribution is 2.26. The number of hydrogen-bond donors (Lipinski definition) is 1. The molecule has 0 atom stereocenters. The van der Waals surface area contributed by atoms with Crippen molar-refractivity contribution in [2.24, 2.45) is 0 Å². The molecule has 5 heteroatoms. The van der Waals surface area contributed by atoms with E-state index >= 15 is 0 Å². The molecular formula is C22H19N3O2. The van der Waals surface area contributed by atoms with Gasteiger partial charge in [-0.25, -0.2) is 9.97 Å². The number of fused-ring (bicyclic) bond motifs is 2. The van der Waals surface area contributed by atoms with E-state index in [1.165, 1.54) is 0 Å². The Morgan fingerprint density at radius 2 is 1.48 bits per heavy atom. The van der Waals surface area contributed by atoms with Crippen LogP contribution in [0.2, 0.25) is 0 Å². The second kappa shape index (κ2) is 7.03. The maximum absolute atomic E-state index is 12.7. The number of carbonyl (C=O) groups is 1. The van der Waals surface area contributed by atoms with Gasteiger partial charge in [-0.1, -0.05) is 24.3 Å². The van der Waals surface area contributed by atoms with Crippen LogP contribution in [0, 0.1) is 0 Å². The van der Waals surface area contributed by atoms with Gasteiger partial charge in [0.1, 0.15) is 5.75 Å². The molecule has 0 fully saturated rings. The van der Waals surface area contributed by atoms with Crippen molar-refractivity contribution in [2.45, 2.75) is 20.0 Å². The highest BCUT2D eigenvalue weighted by molar-refractivity contribution is 6.06. The Bertz CT molecular complexity index is 1140. The number of para-hydroxylation sites is 4. The summed E-state index contributed by atoms with van der Waals surface area (Å²) in [4.78, 5) is 22.0. The Kier molecular flexibility index (Phi) is 4.42. The minimum absolute atomic E-state index is 0.0206. The molecule has 5 nitrogen and oxygen atoms in total. The lowest BCUT2D eigenvalue weighted by molar-refractivity contribution is 0.102. The summed E-state index contributed by atoms with van der Waals surface area (Å²) in [6, 6.07) is 20.4. The first kappa shape index (κ1) is 17.0. The zero-order valence-corrected chi connectivity index (χ0v) is 15.1. The predicted molar refractivity (Wildman–Crippen MR) is 107 cm³/mol. The van der Waals surface area contributed by atoms with Crippen LogP contribution in [0.15, 0.2) is 66.7 Å². The van der Waals surface area contributed by atoms with Gasteiger partial charge in [-0.2, -0.15) is 0 Å². The van der Waals surface area contributed by atoms with Crippen molar-refractivity contribution in [1.29, 1.82) is 0 Å². The van der Waals surface area contributed by atoms with Crippen LogP contribution >= 0.6 is 0 Å². The molecule has 134 valence electrons. The fourth-order valence-corrected chi connectivity index (χ4v) is 2.88. The minimum Gasteiger partial charge on any atom is -0.489 e. The zero-order chi connectivity index (χ0) is 18.8. The monoisotopic (exact) mass is 357 g/mol. The summed E-state index contributed by atoms with van der Waals surface area (Å²) in [7, 11) is 0. The summed E-state index contributed by atoms with van der Waals surface area (Å²) < 4.78 is 5.76. The molecule has 0 spiro atoms. The highest BCUT2D eigenvalue weighted by atomic mass is 16.5. The Morgan fingerprint density at radius 3 is 2.22 bits per heavy atom. The minimum atomic E-state index is -0.216. The van der Waals surface area contributed by atoms with Crippen LogP contribution < -0.4 is 10.1 Å². The van der Waals surface area contributed by atoms with Crippen LogP contribution in [0.4, 0.5) is 5.69 Å². The number of amides is 1. The lowest BCUT2D eigenvalue weighted by Crippen LogP contribution is -2.14.